The van der Waals surface area contributed by atoms with Crippen molar-refractivity contribution in [2.24, 2.45) is 0 Å². The molecule has 0 spiro atoms. The average Bonchev–Trinajstić information content (AvgIpc) is 2.57. The van der Waals surface area contributed by atoms with Crippen LogP contribution in [0.4, 0.5) is 10.1 Å². The maximum absolute atomic E-state index is 13.3. The Morgan fingerprint density at radius 2 is 2.00 bits per heavy atom. The molecule has 0 aliphatic heterocycles. The van der Waals surface area contributed by atoms with E-state index in [0.29, 0.717) is 12.1 Å². The van der Waals surface area contributed by atoms with Crippen LogP contribution in [0, 0.1) is 36.7 Å². The quantitative estimate of drug-likeness (QED) is 0.627. The summed E-state index contributed by atoms with van der Waals surface area (Å²) in [6, 6.07) is 3.55. The van der Waals surface area contributed by atoms with Crippen molar-refractivity contribution in [2.75, 3.05) is 0 Å². The van der Waals surface area contributed by atoms with Crippen LogP contribution in [0.3, 0.4) is 0 Å². The standard InChI is InChI=1S/C14H15FN2O2/c1-9-7-16(11(3)10(9)2)8-12-6-13(15)4-5-14(12)17(18)19/h4-7H,8H2,1-3H3. The average molecular weight is 262 g/mol. The highest BCUT2D eigenvalue weighted by Crippen LogP contribution is 2.23. The van der Waals surface area contributed by atoms with E-state index in [1.165, 1.54) is 12.1 Å². The molecule has 0 aliphatic carbocycles. The smallest absolute Gasteiger partial charge is 0.274 e. The zero-order chi connectivity index (χ0) is 14.2. The van der Waals surface area contributed by atoms with Crippen molar-refractivity contribution in [3.05, 3.63) is 62.7 Å². The molecule has 0 atom stereocenters. The van der Waals surface area contributed by atoms with Crippen LogP contribution in [-0.4, -0.2) is 9.49 Å². The number of nitrogens with zero attached hydrogens (tertiary/aromatic N) is 2. The summed E-state index contributed by atoms with van der Waals surface area (Å²) in [5.41, 5.74) is 3.64. The summed E-state index contributed by atoms with van der Waals surface area (Å²) in [5.74, 6) is -0.459. The lowest BCUT2D eigenvalue weighted by Gasteiger charge is -2.07. The van der Waals surface area contributed by atoms with E-state index >= 15 is 0 Å². The molecule has 0 aliphatic rings. The van der Waals surface area contributed by atoms with Gasteiger partial charge < -0.3 is 4.57 Å². The minimum Gasteiger partial charge on any atom is -0.347 e. The van der Waals surface area contributed by atoms with Gasteiger partial charge in [0.15, 0.2) is 0 Å². The highest BCUT2D eigenvalue weighted by Gasteiger charge is 2.16. The zero-order valence-electron chi connectivity index (χ0n) is 11.1. The molecule has 0 unspecified atom stereocenters. The van der Waals surface area contributed by atoms with Crippen molar-refractivity contribution in [1.82, 2.24) is 4.57 Å². The lowest BCUT2D eigenvalue weighted by atomic mass is 10.1. The molecular formula is C14H15FN2O2. The van der Waals surface area contributed by atoms with Crippen LogP contribution in [0.15, 0.2) is 24.4 Å². The van der Waals surface area contributed by atoms with Gasteiger partial charge in [0.2, 0.25) is 0 Å². The zero-order valence-corrected chi connectivity index (χ0v) is 11.1. The summed E-state index contributed by atoms with van der Waals surface area (Å²) < 4.78 is 15.2. The number of rotatable bonds is 3. The fourth-order valence-electron chi connectivity index (χ4n) is 2.13. The number of benzene rings is 1. The Labute approximate surface area is 110 Å². The summed E-state index contributed by atoms with van der Waals surface area (Å²) in [5, 5.41) is 11.0. The van der Waals surface area contributed by atoms with Crippen LogP contribution >= 0.6 is 0 Å². The summed E-state index contributed by atoms with van der Waals surface area (Å²) in [7, 11) is 0. The molecule has 0 radical (unpaired) electrons. The Bertz CT molecular complexity index is 647. The van der Waals surface area contributed by atoms with Gasteiger partial charge in [-0.05, 0) is 44.0 Å². The van der Waals surface area contributed by atoms with Gasteiger partial charge in [0.1, 0.15) is 5.82 Å². The van der Waals surface area contributed by atoms with E-state index < -0.39 is 10.7 Å². The number of aryl methyl sites for hydroxylation is 1. The predicted molar refractivity (Wildman–Crippen MR) is 70.8 cm³/mol. The molecule has 2 aromatic rings. The van der Waals surface area contributed by atoms with Crippen LogP contribution in [0.5, 0.6) is 0 Å². The number of nitro groups is 1. The van der Waals surface area contributed by atoms with Gasteiger partial charge in [0.25, 0.3) is 5.69 Å². The van der Waals surface area contributed by atoms with E-state index in [0.717, 1.165) is 22.9 Å². The van der Waals surface area contributed by atoms with Gasteiger partial charge in [-0.1, -0.05) is 0 Å². The van der Waals surface area contributed by atoms with E-state index in [2.05, 4.69) is 0 Å². The van der Waals surface area contributed by atoms with Crippen molar-refractivity contribution < 1.29 is 9.31 Å². The predicted octanol–water partition coefficient (Wildman–Crippen LogP) is 3.51. The number of nitro benzene ring substituents is 1. The maximum Gasteiger partial charge on any atom is 0.274 e. The van der Waals surface area contributed by atoms with Gasteiger partial charge in [-0.2, -0.15) is 0 Å². The number of hydrogen-bond acceptors (Lipinski definition) is 2. The lowest BCUT2D eigenvalue weighted by molar-refractivity contribution is -0.385. The largest absolute Gasteiger partial charge is 0.347 e. The molecule has 4 nitrogen and oxygen atoms in total. The van der Waals surface area contributed by atoms with E-state index in [9.17, 15) is 14.5 Å². The molecule has 0 N–H and O–H groups in total. The molecule has 2 rings (SSSR count). The second-order valence-corrected chi connectivity index (χ2v) is 4.68. The van der Waals surface area contributed by atoms with Gasteiger partial charge in [0.05, 0.1) is 17.0 Å². The SMILES string of the molecule is Cc1cn(Cc2cc(F)ccc2[N+](=O)[O-])c(C)c1C. The Balaban J connectivity index is 2.45. The second kappa shape index (κ2) is 4.84. The third-order valence-electron chi connectivity index (χ3n) is 3.49. The Hall–Kier alpha value is -2.17. The maximum atomic E-state index is 13.3. The molecule has 100 valence electrons. The third-order valence-corrected chi connectivity index (χ3v) is 3.49. The van der Waals surface area contributed by atoms with E-state index in [1.807, 2.05) is 31.5 Å². The molecule has 1 aromatic heterocycles. The first-order valence-electron chi connectivity index (χ1n) is 5.96. The molecule has 19 heavy (non-hydrogen) atoms. The summed E-state index contributed by atoms with van der Waals surface area (Å²) in [6.45, 7) is 6.24. The van der Waals surface area contributed by atoms with Crippen LogP contribution in [0.25, 0.3) is 0 Å². The Morgan fingerprint density at radius 1 is 1.32 bits per heavy atom. The van der Waals surface area contributed by atoms with Crippen molar-refractivity contribution in [2.45, 2.75) is 27.3 Å². The molecule has 0 saturated heterocycles. The van der Waals surface area contributed by atoms with Gasteiger partial charge >= 0.3 is 0 Å². The second-order valence-electron chi connectivity index (χ2n) is 4.68. The van der Waals surface area contributed by atoms with Gasteiger partial charge in [-0.25, -0.2) is 4.39 Å². The van der Waals surface area contributed by atoms with Crippen LogP contribution in [0.2, 0.25) is 0 Å². The number of aromatic nitrogens is 1. The van der Waals surface area contributed by atoms with Gasteiger partial charge in [-0.3, -0.25) is 10.1 Å². The number of halogens is 1. The van der Waals surface area contributed by atoms with Crippen molar-refractivity contribution >= 4 is 5.69 Å². The summed E-state index contributed by atoms with van der Waals surface area (Å²) in [4.78, 5) is 10.5. The fraction of sp³-hybridized carbons (Fsp3) is 0.286. The third kappa shape index (κ3) is 2.50. The molecule has 0 amide bonds. The molecule has 5 heteroatoms. The normalized spacial score (nSPS) is 10.7. The number of hydrogen-bond donors (Lipinski definition) is 0. The molecule has 1 aromatic carbocycles. The molecule has 1 heterocycles. The van der Waals surface area contributed by atoms with Crippen LogP contribution in [-0.2, 0) is 6.54 Å². The van der Waals surface area contributed by atoms with E-state index in [4.69, 9.17) is 0 Å². The summed E-state index contributed by atoms with van der Waals surface area (Å²) in [6.07, 6.45) is 1.93. The van der Waals surface area contributed by atoms with Crippen molar-refractivity contribution in [1.29, 1.82) is 0 Å². The Kier molecular flexibility index (Phi) is 3.38. The van der Waals surface area contributed by atoms with E-state index in [1.54, 1.807) is 0 Å². The monoisotopic (exact) mass is 262 g/mol. The molecule has 0 bridgehead atoms. The molecule has 0 fully saturated rings. The van der Waals surface area contributed by atoms with Crippen molar-refractivity contribution in [3.8, 4) is 0 Å². The van der Waals surface area contributed by atoms with Crippen LogP contribution in [0.1, 0.15) is 22.4 Å². The highest BCUT2D eigenvalue weighted by molar-refractivity contribution is 5.41. The topological polar surface area (TPSA) is 48.1 Å². The lowest BCUT2D eigenvalue weighted by Crippen LogP contribution is -2.04. The fourth-order valence-corrected chi connectivity index (χ4v) is 2.13. The van der Waals surface area contributed by atoms with E-state index in [-0.39, 0.29) is 5.69 Å². The first-order chi connectivity index (χ1) is 8.90. The molecular weight excluding hydrogens is 247 g/mol. The van der Waals surface area contributed by atoms with Gasteiger partial charge in [0, 0.05) is 18.0 Å². The highest BCUT2D eigenvalue weighted by atomic mass is 19.1. The Morgan fingerprint density at radius 3 is 2.53 bits per heavy atom. The minimum atomic E-state index is -0.479. The first kappa shape index (κ1) is 13.3. The van der Waals surface area contributed by atoms with Gasteiger partial charge in [-0.15, -0.1) is 0 Å². The molecule has 0 saturated carbocycles. The van der Waals surface area contributed by atoms with Crippen molar-refractivity contribution in [3.63, 3.8) is 0 Å². The minimum absolute atomic E-state index is 0.0511. The van der Waals surface area contributed by atoms with Crippen LogP contribution < -0.4 is 0 Å². The first-order valence-corrected chi connectivity index (χ1v) is 5.96. The summed E-state index contributed by atoms with van der Waals surface area (Å²) >= 11 is 0.